The Morgan fingerprint density at radius 2 is 1.95 bits per heavy atom. The lowest BCUT2D eigenvalue weighted by atomic mass is 10.1. The van der Waals surface area contributed by atoms with E-state index >= 15 is 0 Å². The molecule has 2 aromatic rings. The second-order valence-electron chi connectivity index (χ2n) is 4.12. The molecule has 1 heterocycles. The average molecular weight is 360 g/mol. The Morgan fingerprint density at radius 3 is 2.68 bits per heavy atom. The number of nitrogens with zero attached hydrogens (tertiary/aromatic N) is 1. The van der Waals surface area contributed by atoms with Gasteiger partial charge in [-0.05, 0) is 6.07 Å². The van der Waals surface area contributed by atoms with Crippen LogP contribution in [-0.4, -0.2) is 35.2 Å². The lowest BCUT2D eigenvalue weighted by Gasteiger charge is -2.07. The first-order chi connectivity index (χ1) is 10.5. The van der Waals surface area contributed by atoms with Crippen LogP contribution in [0.25, 0.3) is 10.4 Å². The van der Waals surface area contributed by atoms with Gasteiger partial charge >= 0.3 is 6.09 Å². The molecule has 0 atom stereocenters. The Hall–Kier alpha value is -1.83. The molecule has 1 aromatic carbocycles. The third-order valence-electron chi connectivity index (χ3n) is 2.67. The van der Waals surface area contributed by atoms with E-state index in [1.54, 1.807) is 18.2 Å². The molecular weight excluding hydrogens is 349 g/mol. The van der Waals surface area contributed by atoms with Crippen LogP contribution in [0.3, 0.4) is 0 Å². The molecule has 6 nitrogen and oxygen atoms in total. The third kappa shape index (κ3) is 3.88. The molecule has 9 heteroatoms. The van der Waals surface area contributed by atoms with E-state index in [1.165, 1.54) is 16.8 Å². The first-order valence-corrected chi connectivity index (χ1v) is 7.77. The van der Waals surface area contributed by atoms with Crippen LogP contribution in [0, 0.1) is 0 Å². The summed E-state index contributed by atoms with van der Waals surface area (Å²) in [5.41, 5.74) is 2.40. The van der Waals surface area contributed by atoms with E-state index in [2.05, 4.69) is 15.6 Å². The number of nitrogens with one attached hydrogen (secondary N) is 2. The minimum absolute atomic E-state index is 0.110. The zero-order chi connectivity index (χ0) is 16.1. The topological polar surface area (TPSA) is 91.3 Å². The molecule has 0 aliphatic heterocycles. The average Bonchev–Trinajstić information content (AvgIpc) is 2.95. The third-order valence-corrected chi connectivity index (χ3v) is 4.34. The normalized spacial score (nSPS) is 10.3. The fourth-order valence-corrected chi connectivity index (χ4v) is 2.98. The predicted octanol–water partition coefficient (Wildman–Crippen LogP) is 3.11. The summed E-state index contributed by atoms with van der Waals surface area (Å²) < 4.78 is 0. The largest absolute Gasteiger partial charge is 0.465 e. The summed E-state index contributed by atoms with van der Waals surface area (Å²) in [6.45, 7) is 0.268. The summed E-state index contributed by atoms with van der Waals surface area (Å²) in [5, 5.41) is 13.9. The number of hydrogen-bond donors (Lipinski definition) is 3. The summed E-state index contributed by atoms with van der Waals surface area (Å²) in [5.74, 6) is -0.403. The molecule has 2 amide bonds. The minimum atomic E-state index is -1.14. The Morgan fingerprint density at radius 1 is 1.23 bits per heavy atom. The van der Waals surface area contributed by atoms with Gasteiger partial charge in [-0.2, -0.15) is 0 Å². The van der Waals surface area contributed by atoms with Gasteiger partial charge in [0, 0.05) is 18.7 Å². The molecule has 0 saturated heterocycles. The molecule has 0 bridgehead atoms. The number of aromatic nitrogens is 1. The number of amides is 2. The summed E-state index contributed by atoms with van der Waals surface area (Å²) in [7, 11) is 0. The minimum Gasteiger partial charge on any atom is -0.465 e. The SMILES string of the molecule is O=C(O)NCCNC(=O)c1ncsc1-c1cccc(Cl)c1Cl. The molecule has 0 saturated carbocycles. The number of benzene rings is 1. The van der Waals surface area contributed by atoms with Crippen molar-refractivity contribution in [3.8, 4) is 10.4 Å². The van der Waals surface area contributed by atoms with Crippen LogP contribution in [0.4, 0.5) is 4.79 Å². The number of carbonyl (C=O) groups excluding carboxylic acids is 1. The van der Waals surface area contributed by atoms with E-state index in [-0.39, 0.29) is 18.8 Å². The van der Waals surface area contributed by atoms with Gasteiger partial charge in [-0.1, -0.05) is 35.3 Å². The highest BCUT2D eigenvalue weighted by Gasteiger charge is 2.18. The van der Waals surface area contributed by atoms with Crippen molar-refractivity contribution in [2.75, 3.05) is 13.1 Å². The fraction of sp³-hybridized carbons (Fsp3) is 0.154. The van der Waals surface area contributed by atoms with Gasteiger partial charge in [-0.25, -0.2) is 9.78 Å². The standard InChI is InChI=1S/C13H11Cl2N3O3S/c14-8-3-1-2-7(9(8)15)11-10(18-6-22-11)12(19)16-4-5-17-13(20)21/h1-3,6,17H,4-5H2,(H,16,19)(H,20,21). The second-order valence-corrected chi connectivity index (χ2v) is 5.76. The molecule has 0 radical (unpaired) electrons. The Kier molecular flexibility index (Phi) is 5.59. The van der Waals surface area contributed by atoms with Gasteiger partial charge in [0.1, 0.15) is 5.69 Å². The quantitative estimate of drug-likeness (QED) is 0.715. The van der Waals surface area contributed by atoms with Gasteiger partial charge in [-0.3, -0.25) is 4.79 Å². The summed E-state index contributed by atoms with van der Waals surface area (Å²) in [6.07, 6.45) is -1.14. The Labute approximate surface area is 140 Å². The van der Waals surface area contributed by atoms with Gasteiger partial charge in [0.05, 0.1) is 20.4 Å². The maximum atomic E-state index is 12.1. The predicted molar refractivity (Wildman–Crippen MR) is 85.9 cm³/mol. The zero-order valence-corrected chi connectivity index (χ0v) is 13.4. The number of halogens is 2. The van der Waals surface area contributed by atoms with Gasteiger partial charge < -0.3 is 15.7 Å². The lowest BCUT2D eigenvalue weighted by molar-refractivity contribution is 0.0949. The highest BCUT2D eigenvalue weighted by Crippen LogP contribution is 2.37. The Bertz CT molecular complexity index is 706. The molecule has 116 valence electrons. The first kappa shape index (κ1) is 16.5. The number of carbonyl (C=O) groups is 2. The van der Waals surface area contributed by atoms with Crippen molar-refractivity contribution in [1.82, 2.24) is 15.6 Å². The molecule has 0 fully saturated rings. The molecule has 0 aliphatic rings. The van der Waals surface area contributed by atoms with Crippen molar-refractivity contribution in [2.45, 2.75) is 0 Å². The highest BCUT2D eigenvalue weighted by molar-refractivity contribution is 7.13. The number of carboxylic acid groups (broad SMARTS) is 1. The zero-order valence-electron chi connectivity index (χ0n) is 11.1. The van der Waals surface area contributed by atoms with Crippen molar-refractivity contribution in [2.24, 2.45) is 0 Å². The van der Waals surface area contributed by atoms with E-state index in [0.29, 0.717) is 20.5 Å². The summed E-state index contributed by atoms with van der Waals surface area (Å²) in [4.78, 5) is 27.1. The van der Waals surface area contributed by atoms with Crippen molar-refractivity contribution in [1.29, 1.82) is 0 Å². The fourth-order valence-electron chi connectivity index (χ4n) is 1.71. The number of hydrogen-bond acceptors (Lipinski definition) is 4. The van der Waals surface area contributed by atoms with Crippen LogP contribution < -0.4 is 10.6 Å². The van der Waals surface area contributed by atoms with Crippen molar-refractivity contribution in [3.63, 3.8) is 0 Å². The van der Waals surface area contributed by atoms with Crippen molar-refractivity contribution < 1.29 is 14.7 Å². The van der Waals surface area contributed by atoms with E-state index in [0.717, 1.165) is 0 Å². The van der Waals surface area contributed by atoms with E-state index in [1.807, 2.05) is 0 Å². The van der Waals surface area contributed by atoms with Crippen LogP contribution in [-0.2, 0) is 0 Å². The molecule has 0 unspecified atom stereocenters. The van der Waals surface area contributed by atoms with Crippen LogP contribution in [0.5, 0.6) is 0 Å². The molecule has 0 spiro atoms. The van der Waals surface area contributed by atoms with E-state index < -0.39 is 12.0 Å². The highest BCUT2D eigenvalue weighted by atomic mass is 35.5. The number of rotatable bonds is 5. The van der Waals surface area contributed by atoms with E-state index in [9.17, 15) is 9.59 Å². The van der Waals surface area contributed by atoms with Crippen LogP contribution >= 0.6 is 34.5 Å². The van der Waals surface area contributed by atoms with Gasteiger partial charge in [-0.15, -0.1) is 11.3 Å². The lowest BCUT2D eigenvalue weighted by Crippen LogP contribution is -2.34. The smallest absolute Gasteiger partial charge is 0.404 e. The van der Waals surface area contributed by atoms with Gasteiger partial charge in [0.25, 0.3) is 5.91 Å². The molecule has 1 aromatic heterocycles. The molecular formula is C13H11Cl2N3O3S. The van der Waals surface area contributed by atoms with Crippen molar-refractivity contribution >= 4 is 46.5 Å². The van der Waals surface area contributed by atoms with Crippen LogP contribution in [0.1, 0.15) is 10.5 Å². The summed E-state index contributed by atoms with van der Waals surface area (Å²) >= 11 is 13.4. The Balaban J connectivity index is 2.14. The van der Waals surface area contributed by atoms with Crippen LogP contribution in [0.2, 0.25) is 10.0 Å². The maximum absolute atomic E-state index is 12.1. The molecule has 2 rings (SSSR count). The monoisotopic (exact) mass is 359 g/mol. The summed E-state index contributed by atoms with van der Waals surface area (Å²) in [6, 6.07) is 5.15. The maximum Gasteiger partial charge on any atom is 0.404 e. The molecule has 22 heavy (non-hydrogen) atoms. The second kappa shape index (κ2) is 7.44. The van der Waals surface area contributed by atoms with Crippen molar-refractivity contribution in [3.05, 3.63) is 39.4 Å². The van der Waals surface area contributed by atoms with Gasteiger partial charge in [0.15, 0.2) is 0 Å². The molecule has 3 N–H and O–H groups in total. The van der Waals surface area contributed by atoms with Gasteiger partial charge in [0.2, 0.25) is 0 Å². The number of thiazole rings is 1. The van der Waals surface area contributed by atoms with Crippen LogP contribution in [0.15, 0.2) is 23.7 Å². The first-order valence-electron chi connectivity index (χ1n) is 6.13. The van der Waals surface area contributed by atoms with E-state index in [4.69, 9.17) is 28.3 Å². The molecule has 0 aliphatic carbocycles.